The summed E-state index contributed by atoms with van der Waals surface area (Å²) >= 11 is 0. The van der Waals surface area contributed by atoms with Crippen LogP contribution in [0.15, 0.2) is 0 Å². The molecule has 1 aliphatic heterocycles. The Bertz CT molecular complexity index is 191. The van der Waals surface area contributed by atoms with Crippen LogP contribution in [0.3, 0.4) is 0 Å². The highest BCUT2D eigenvalue weighted by atomic mass is 16.8. The highest BCUT2D eigenvalue weighted by Crippen LogP contribution is 2.26. The average Bonchev–Trinajstić information content (AvgIpc) is 2.48. The molecule has 0 bridgehead atoms. The summed E-state index contributed by atoms with van der Waals surface area (Å²) in [7, 11) is 0. The second-order valence-electron chi connectivity index (χ2n) is 3.89. The van der Waals surface area contributed by atoms with Gasteiger partial charge in [0.05, 0.1) is 0 Å². The van der Waals surface area contributed by atoms with Crippen LogP contribution in [0.25, 0.3) is 0 Å². The highest BCUT2D eigenvalue weighted by Gasteiger charge is 2.35. The van der Waals surface area contributed by atoms with Crippen molar-refractivity contribution in [3.63, 3.8) is 0 Å². The van der Waals surface area contributed by atoms with Crippen LogP contribution in [0.5, 0.6) is 0 Å². The van der Waals surface area contributed by atoms with Gasteiger partial charge in [-0.3, -0.25) is 0 Å². The van der Waals surface area contributed by atoms with Crippen molar-refractivity contribution in [2.45, 2.75) is 58.8 Å². The first-order valence-corrected chi connectivity index (χ1v) is 5.55. The maximum Gasteiger partial charge on any atom is 0.337 e. The first-order chi connectivity index (χ1) is 6.69. The molecule has 1 fully saturated rings. The number of ether oxygens (including phenoxy) is 2. The van der Waals surface area contributed by atoms with Crippen molar-refractivity contribution in [1.82, 2.24) is 0 Å². The minimum atomic E-state index is -0.379. The number of esters is 1. The summed E-state index contributed by atoms with van der Waals surface area (Å²) in [6.45, 7) is 6.02. The van der Waals surface area contributed by atoms with E-state index in [0.29, 0.717) is 5.92 Å². The van der Waals surface area contributed by atoms with Crippen LogP contribution in [-0.2, 0) is 14.3 Å². The van der Waals surface area contributed by atoms with E-state index in [1.165, 1.54) is 12.8 Å². The standard InChI is InChI=1S/C11H20O3/c1-4-6-7-9(5-2)11-13-8(3)10(12)14-11/h8-9,11H,4-7H2,1-3H3/t8-,9-,11-/m1/s1. The van der Waals surface area contributed by atoms with Gasteiger partial charge in [-0.15, -0.1) is 0 Å². The molecule has 1 rings (SSSR count). The van der Waals surface area contributed by atoms with Crippen molar-refractivity contribution >= 4 is 5.97 Å². The van der Waals surface area contributed by atoms with Crippen LogP contribution in [0.1, 0.15) is 46.5 Å². The first-order valence-electron chi connectivity index (χ1n) is 5.55. The van der Waals surface area contributed by atoms with Crippen molar-refractivity contribution in [1.29, 1.82) is 0 Å². The summed E-state index contributed by atoms with van der Waals surface area (Å²) in [5, 5.41) is 0. The molecule has 1 aliphatic rings. The molecule has 0 aromatic rings. The molecule has 0 aliphatic carbocycles. The van der Waals surface area contributed by atoms with Gasteiger partial charge in [0.2, 0.25) is 6.29 Å². The quantitative estimate of drug-likeness (QED) is 0.640. The Kier molecular flexibility index (Phi) is 4.39. The molecule has 0 spiro atoms. The minimum absolute atomic E-state index is 0.218. The van der Waals surface area contributed by atoms with Crippen molar-refractivity contribution in [3.05, 3.63) is 0 Å². The van der Waals surface area contributed by atoms with E-state index < -0.39 is 0 Å². The third-order valence-corrected chi connectivity index (χ3v) is 2.74. The third-order valence-electron chi connectivity index (χ3n) is 2.74. The second kappa shape index (κ2) is 5.35. The fourth-order valence-electron chi connectivity index (χ4n) is 1.70. The van der Waals surface area contributed by atoms with Gasteiger partial charge < -0.3 is 9.47 Å². The summed E-state index contributed by atoms with van der Waals surface area (Å²) in [4.78, 5) is 11.1. The van der Waals surface area contributed by atoms with Gasteiger partial charge in [-0.2, -0.15) is 0 Å². The van der Waals surface area contributed by atoms with Gasteiger partial charge in [-0.25, -0.2) is 4.79 Å². The van der Waals surface area contributed by atoms with Crippen LogP contribution >= 0.6 is 0 Å². The predicted molar refractivity (Wildman–Crippen MR) is 53.7 cm³/mol. The molecule has 14 heavy (non-hydrogen) atoms. The van der Waals surface area contributed by atoms with Crippen LogP contribution in [-0.4, -0.2) is 18.4 Å². The fraction of sp³-hybridized carbons (Fsp3) is 0.909. The Morgan fingerprint density at radius 1 is 1.43 bits per heavy atom. The number of carbonyl (C=O) groups excluding carboxylic acids is 1. The number of cyclic esters (lactones) is 1. The highest BCUT2D eigenvalue weighted by molar-refractivity contribution is 5.75. The molecule has 0 radical (unpaired) electrons. The molecule has 0 unspecified atom stereocenters. The van der Waals surface area contributed by atoms with E-state index >= 15 is 0 Å². The molecule has 1 saturated heterocycles. The lowest BCUT2D eigenvalue weighted by atomic mass is 9.99. The Labute approximate surface area is 85.8 Å². The van der Waals surface area contributed by atoms with Crippen LogP contribution < -0.4 is 0 Å². The molecule has 0 aromatic carbocycles. The molecular weight excluding hydrogens is 180 g/mol. The maximum atomic E-state index is 11.1. The molecule has 0 N–H and O–H groups in total. The third kappa shape index (κ3) is 2.71. The molecule has 0 amide bonds. The zero-order valence-corrected chi connectivity index (χ0v) is 9.29. The van der Waals surface area contributed by atoms with Gasteiger partial charge in [0.1, 0.15) is 0 Å². The summed E-state index contributed by atoms with van der Waals surface area (Å²) in [5.74, 6) is 0.147. The van der Waals surface area contributed by atoms with Crippen molar-refractivity contribution < 1.29 is 14.3 Å². The Balaban J connectivity index is 2.41. The van der Waals surface area contributed by atoms with E-state index in [-0.39, 0.29) is 18.4 Å². The van der Waals surface area contributed by atoms with E-state index in [2.05, 4.69) is 13.8 Å². The van der Waals surface area contributed by atoms with Gasteiger partial charge in [-0.1, -0.05) is 26.7 Å². The number of hydrogen-bond acceptors (Lipinski definition) is 3. The number of unbranched alkanes of at least 4 members (excludes halogenated alkanes) is 1. The number of hydrogen-bond donors (Lipinski definition) is 0. The van der Waals surface area contributed by atoms with Crippen LogP contribution in [0.4, 0.5) is 0 Å². The van der Waals surface area contributed by atoms with Gasteiger partial charge in [0, 0.05) is 5.92 Å². The lowest BCUT2D eigenvalue weighted by Gasteiger charge is -2.19. The van der Waals surface area contributed by atoms with Gasteiger partial charge in [-0.05, 0) is 19.8 Å². The largest absolute Gasteiger partial charge is 0.434 e. The average molecular weight is 200 g/mol. The molecule has 3 nitrogen and oxygen atoms in total. The monoisotopic (exact) mass is 200 g/mol. The van der Waals surface area contributed by atoms with E-state index in [1.54, 1.807) is 6.92 Å². The SMILES string of the molecule is CCCC[C@@H](CC)[C@H]1OC(=O)[C@@H](C)O1. The number of rotatable bonds is 5. The second-order valence-corrected chi connectivity index (χ2v) is 3.89. The normalized spacial score (nSPS) is 28.9. The van der Waals surface area contributed by atoms with E-state index in [1.807, 2.05) is 0 Å². The summed E-state index contributed by atoms with van der Waals surface area (Å²) < 4.78 is 10.6. The zero-order chi connectivity index (χ0) is 10.6. The molecule has 0 aromatic heterocycles. The van der Waals surface area contributed by atoms with Gasteiger partial charge in [0.15, 0.2) is 6.10 Å². The minimum Gasteiger partial charge on any atom is -0.434 e. The molecule has 1 heterocycles. The Morgan fingerprint density at radius 3 is 2.57 bits per heavy atom. The summed E-state index contributed by atoms with van der Waals surface area (Å²) in [6, 6.07) is 0. The first kappa shape index (κ1) is 11.5. The van der Waals surface area contributed by atoms with Crippen LogP contribution in [0, 0.1) is 5.92 Å². The maximum absolute atomic E-state index is 11.1. The molecule has 0 saturated carbocycles. The Hall–Kier alpha value is -0.570. The van der Waals surface area contributed by atoms with Crippen molar-refractivity contribution in [2.24, 2.45) is 5.92 Å². The van der Waals surface area contributed by atoms with Crippen molar-refractivity contribution in [2.75, 3.05) is 0 Å². The van der Waals surface area contributed by atoms with Gasteiger partial charge in [0.25, 0.3) is 0 Å². The van der Waals surface area contributed by atoms with E-state index in [0.717, 1.165) is 12.8 Å². The lowest BCUT2D eigenvalue weighted by Crippen LogP contribution is -2.21. The van der Waals surface area contributed by atoms with Crippen LogP contribution in [0.2, 0.25) is 0 Å². The van der Waals surface area contributed by atoms with E-state index in [9.17, 15) is 4.79 Å². The van der Waals surface area contributed by atoms with E-state index in [4.69, 9.17) is 9.47 Å². The molecular formula is C11H20O3. The van der Waals surface area contributed by atoms with Crippen molar-refractivity contribution in [3.8, 4) is 0 Å². The van der Waals surface area contributed by atoms with Gasteiger partial charge >= 0.3 is 5.97 Å². The molecule has 3 heteroatoms. The molecule has 3 atom stereocenters. The zero-order valence-electron chi connectivity index (χ0n) is 9.29. The summed E-state index contributed by atoms with van der Waals surface area (Å²) in [5.41, 5.74) is 0. The topological polar surface area (TPSA) is 35.5 Å². The number of carbonyl (C=O) groups is 1. The predicted octanol–water partition coefficient (Wildman–Crippen LogP) is 2.49. The smallest absolute Gasteiger partial charge is 0.337 e. The lowest BCUT2D eigenvalue weighted by molar-refractivity contribution is -0.148. The molecule has 82 valence electrons. The Morgan fingerprint density at radius 2 is 2.14 bits per heavy atom. The fourth-order valence-corrected chi connectivity index (χ4v) is 1.70. The summed E-state index contributed by atoms with van der Waals surface area (Å²) in [6.07, 6.45) is 3.75.